The number of amides is 3. The van der Waals surface area contributed by atoms with Crippen LogP contribution in [-0.4, -0.2) is 28.9 Å². The van der Waals surface area contributed by atoms with Gasteiger partial charge in [0.2, 0.25) is 0 Å². The molecule has 32 heavy (non-hydrogen) atoms. The van der Waals surface area contributed by atoms with E-state index in [1.807, 2.05) is 6.07 Å². The Labute approximate surface area is 198 Å². The monoisotopic (exact) mass is 469 g/mol. The molecule has 0 saturated carbocycles. The van der Waals surface area contributed by atoms with Crippen LogP contribution in [0.15, 0.2) is 48.2 Å². The Morgan fingerprint density at radius 2 is 1.84 bits per heavy atom. The molecule has 0 atom stereocenters. The molecule has 2 aliphatic rings. The highest BCUT2D eigenvalue weighted by molar-refractivity contribution is 6.35. The average molecular weight is 470 g/mol. The molecule has 2 heterocycles. The third-order valence-electron chi connectivity index (χ3n) is 5.93. The number of halogens is 2. The number of carbonyl (C=O) groups excluding carboxylic acids is 2. The first-order valence-corrected chi connectivity index (χ1v) is 11.3. The lowest BCUT2D eigenvalue weighted by Gasteiger charge is -2.42. The van der Waals surface area contributed by atoms with Gasteiger partial charge in [-0.25, -0.2) is 4.79 Å². The Bertz CT molecular complexity index is 1180. The van der Waals surface area contributed by atoms with Gasteiger partial charge in [0, 0.05) is 27.8 Å². The number of hydrogen-bond acceptors (Lipinski definition) is 3. The summed E-state index contributed by atoms with van der Waals surface area (Å²) in [5.74, 6) is -0.387. The van der Waals surface area contributed by atoms with Gasteiger partial charge in [0.15, 0.2) is 0 Å². The molecule has 1 N–H and O–H groups in total. The van der Waals surface area contributed by atoms with Gasteiger partial charge in [0.05, 0.1) is 12.1 Å². The lowest BCUT2D eigenvalue weighted by molar-refractivity contribution is -0.123. The van der Waals surface area contributed by atoms with Crippen LogP contribution in [0, 0.1) is 0 Å². The molecule has 1 fully saturated rings. The topological polar surface area (TPSA) is 52.7 Å². The average Bonchev–Trinajstić information content (AvgIpc) is 2.97. The summed E-state index contributed by atoms with van der Waals surface area (Å²) in [6, 6.07) is 10.6. The van der Waals surface area contributed by atoms with E-state index in [0.29, 0.717) is 15.6 Å². The summed E-state index contributed by atoms with van der Waals surface area (Å²) in [5.41, 5.74) is 5.16. The van der Waals surface area contributed by atoms with E-state index in [2.05, 4.69) is 56.1 Å². The number of urea groups is 1. The number of likely N-dealkylation sites (N-methyl/N-ethyl adjacent to an activating group) is 1. The Kier molecular flexibility index (Phi) is 5.82. The third kappa shape index (κ3) is 4.03. The van der Waals surface area contributed by atoms with Gasteiger partial charge < -0.3 is 10.2 Å². The van der Waals surface area contributed by atoms with Crippen molar-refractivity contribution in [3.8, 4) is 0 Å². The van der Waals surface area contributed by atoms with Gasteiger partial charge in [0.25, 0.3) is 5.91 Å². The van der Waals surface area contributed by atoms with E-state index in [1.54, 1.807) is 24.3 Å². The number of carbonyl (C=O) groups is 2. The number of fused-ring (bicyclic) bond motifs is 1. The molecule has 0 unspecified atom stereocenters. The van der Waals surface area contributed by atoms with Crippen LogP contribution < -0.4 is 10.2 Å². The molecule has 2 aliphatic heterocycles. The molecule has 3 amide bonds. The van der Waals surface area contributed by atoms with Crippen molar-refractivity contribution in [2.45, 2.75) is 39.8 Å². The summed E-state index contributed by atoms with van der Waals surface area (Å²) >= 11 is 12.2. The van der Waals surface area contributed by atoms with Gasteiger partial charge >= 0.3 is 6.03 Å². The van der Waals surface area contributed by atoms with E-state index in [9.17, 15) is 9.59 Å². The van der Waals surface area contributed by atoms with Gasteiger partial charge in [-0.05, 0) is 74.7 Å². The van der Waals surface area contributed by atoms with E-state index < -0.39 is 6.03 Å². The molecule has 7 heteroatoms. The number of hydrogen-bond donors (Lipinski definition) is 1. The standard InChI is InChI=1S/C25H25Cl2N3O2/c1-5-30-22-9-6-16(10-19(22)15(2)13-25(30,3)4)11-21-23(31)29(24(32)28-21)14-17-7-8-18(26)12-20(17)27/h6-13H,5,14H2,1-4H3,(H,28,32)/b21-11+. The molecular formula is C25H25Cl2N3O2. The van der Waals surface area contributed by atoms with Crippen LogP contribution in [0.3, 0.4) is 0 Å². The molecule has 2 aromatic rings. The van der Waals surface area contributed by atoms with Gasteiger partial charge in [-0.3, -0.25) is 9.69 Å². The van der Waals surface area contributed by atoms with E-state index >= 15 is 0 Å². The summed E-state index contributed by atoms with van der Waals surface area (Å²) in [5, 5.41) is 3.59. The number of nitrogens with zero attached hydrogens (tertiary/aromatic N) is 2. The minimum Gasteiger partial charge on any atom is -0.363 e. The number of benzene rings is 2. The zero-order chi connectivity index (χ0) is 23.2. The SMILES string of the molecule is CCN1c2ccc(/C=C3/NC(=O)N(Cc4ccc(Cl)cc4Cl)C3=O)cc2C(C)=CC1(C)C. The molecule has 0 spiro atoms. The highest BCUT2D eigenvalue weighted by atomic mass is 35.5. The molecule has 166 valence electrons. The van der Waals surface area contributed by atoms with Crippen LogP contribution in [-0.2, 0) is 11.3 Å². The zero-order valence-corrected chi connectivity index (χ0v) is 20.0. The minimum atomic E-state index is -0.472. The first kappa shape index (κ1) is 22.4. The summed E-state index contributed by atoms with van der Waals surface area (Å²) in [7, 11) is 0. The van der Waals surface area contributed by atoms with Gasteiger partial charge in [0.1, 0.15) is 5.70 Å². The van der Waals surface area contributed by atoms with Crippen molar-refractivity contribution in [3.05, 3.63) is 74.9 Å². The third-order valence-corrected chi connectivity index (χ3v) is 6.52. The maximum Gasteiger partial charge on any atom is 0.329 e. The predicted molar refractivity (Wildman–Crippen MR) is 131 cm³/mol. The Morgan fingerprint density at radius 3 is 2.53 bits per heavy atom. The Hall–Kier alpha value is -2.76. The lowest BCUT2D eigenvalue weighted by Crippen LogP contribution is -2.44. The molecule has 2 aromatic carbocycles. The molecule has 5 nitrogen and oxygen atoms in total. The number of anilines is 1. The number of rotatable bonds is 4. The lowest BCUT2D eigenvalue weighted by atomic mass is 9.88. The van der Waals surface area contributed by atoms with Crippen molar-refractivity contribution < 1.29 is 9.59 Å². The molecule has 4 rings (SSSR count). The van der Waals surface area contributed by atoms with Gasteiger partial charge in [-0.15, -0.1) is 0 Å². The fraction of sp³-hybridized carbons (Fsp3) is 0.280. The normalized spacial score (nSPS) is 18.7. The van der Waals surface area contributed by atoms with Gasteiger partial charge in [-0.2, -0.15) is 0 Å². The van der Waals surface area contributed by atoms with E-state index in [-0.39, 0.29) is 23.7 Å². The molecule has 1 saturated heterocycles. The maximum atomic E-state index is 12.9. The van der Waals surface area contributed by atoms with Crippen molar-refractivity contribution in [2.75, 3.05) is 11.4 Å². The first-order chi connectivity index (χ1) is 15.1. The quantitative estimate of drug-likeness (QED) is 0.434. The Morgan fingerprint density at radius 1 is 1.09 bits per heavy atom. The van der Waals surface area contributed by atoms with Gasteiger partial charge in [-0.1, -0.05) is 41.4 Å². The second kappa shape index (κ2) is 8.30. The second-order valence-electron chi connectivity index (χ2n) is 8.62. The minimum absolute atomic E-state index is 0.0648. The van der Waals surface area contributed by atoms with Crippen LogP contribution in [0.25, 0.3) is 11.6 Å². The van der Waals surface area contributed by atoms with Crippen molar-refractivity contribution in [1.82, 2.24) is 10.2 Å². The Balaban J connectivity index is 1.62. The highest BCUT2D eigenvalue weighted by Crippen LogP contribution is 2.39. The number of nitrogens with one attached hydrogen (secondary N) is 1. The molecule has 0 radical (unpaired) electrons. The smallest absolute Gasteiger partial charge is 0.329 e. The summed E-state index contributed by atoms with van der Waals surface area (Å²) in [6.07, 6.45) is 3.98. The maximum absolute atomic E-state index is 12.9. The van der Waals surface area contributed by atoms with Crippen LogP contribution in [0.5, 0.6) is 0 Å². The van der Waals surface area contributed by atoms with E-state index in [4.69, 9.17) is 23.2 Å². The fourth-order valence-electron chi connectivity index (χ4n) is 4.47. The number of imide groups is 1. The van der Waals surface area contributed by atoms with Crippen LogP contribution in [0.2, 0.25) is 10.0 Å². The summed E-state index contributed by atoms with van der Waals surface area (Å²) in [6.45, 7) is 9.61. The predicted octanol–water partition coefficient (Wildman–Crippen LogP) is 6.11. The van der Waals surface area contributed by atoms with Crippen molar-refractivity contribution in [2.24, 2.45) is 0 Å². The molecule has 0 aromatic heterocycles. The molecule has 0 bridgehead atoms. The highest BCUT2D eigenvalue weighted by Gasteiger charge is 2.34. The van der Waals surface area contributed by atoms with Crippen LogP contribution in [0.1, 0.15) is 44.4 Å². The van der Waals surface area contributed by atoms with Crippen LogP contribution >= 0.6 is 23.2 Å². The van der Waals surface area contributed by atoms with Crippen molar-refractivity contribution in [1.29, 1.82) is 0 Å². The second-order valence-corrected chi connectivity index (χ2v) is 9.46. The largest absolute Gasteiger partial charge is 0.363 e. The van der Waals surface area contributed by atoms with Crippen molar-refractivity contribution >= 4 is 52.5 Å². The fourth-order valence-corrected chi connectivity index (χ4v) is 4.94. The molecular weight excluding hydrogens is 445 g/mol. The van der Waals surface area contributed by atoms with E-state index in [1.165, 1.54) is 11.3 Å². The first-order valence-electron chi connectivity index (χ1n) is 10.5. The number of allylic oxidation sites excluding steroid dienone is 1. The molecule has 0 aliphatic carbocycles. The van der Waals surface area contributed by atoms with E-state index in [0.717, 1.165) is 22.6 Å². The summed E-state index contributed by atoms with van der Waals surface area (Å²) < 4.78 is 0. The summed E-state index contributed by atoms with van der Waals surface area (Å²) in [4.78, 5) is 28.9. The van der Waals surface area contributed by atoms with Crippen molar-refractivity contribution in [3.63, 3.8) is 0 Å². The van der Waals surface area contributed by atoms with Crippen LogP contribution in [0.4, 0.5) is 10.5 Å². The zero-order valence-electron chi connectivity index (χ0n) is 18.5.